The van der Waals surface area contributed by atoms with Crippen molar-refractivity contribution < 1.29 is 10.2 Å². The van der Waals surface area contributed by atoms with Crippen LogP contribution in [0.15, 0.2) is 46.2 Å². The van der Waals surface area contributed by atoms with E-state index >= 15 is 0 Å². The minimum atomic E-state index is 0.0562. The van der Waals surface area contributed by atoms with Crippen LogP contribution in [0.5, 0.6) is 11.5 Å². The quantitative estimate of drug-likeness (QED) is 0.358. The number of hydrogen-bond acceptors (Lipinski definition) is 5. The van der Waals surface area contributed by atoms with Crippen LogP contribution in [0.2, 0.25) is 0 Å². The molecule has 2 saturated heterocycles. The van der Waals surface area contributed by atoms with E-state index in [2.05, 4.69) is 90.3 Å². The summed E-state index contributed by atoms with van der Waals surface area (Å²) in [5, 5.41) is 29.0. The Morgan fingerprint density at radius 3 is 1.23 bits per heavy atom. The first-order valence-corrected chi connectivity index (χ1v) is 13.8. The molecule has 0 saturated carbocycles. The topological polar surface area (TPSA) is 64.5 Å². The highest BCUT2D eigenvalue weighted by atomic mass is 32.2. The van der Waals surface area contributed by atoms with E-state index in [9.17, 15) is 10.2 Å². The number of rotatable bonds is 4. The van der Waals surface area contributed by atoms with E-state index in [1.807, 2.05) is 12.1 Å². The molecule has 2 aliphatic heterocycles. The maximum Gasteiger partial charge on any atom is 0.129 e. The molecular weight excluding hydrogens is 452 g/mol. The van der Waals surface area contributed by atoms with Crippen LogP contribution in [0.25, 0.3) is 0 Å². The van der Waals surface area contributed by atoms with Gasteiger partial charge in [0.1, 0.15) is 11.5 Å². The van der Waals surface area contributed by atoms with Gasteiger partial charge in [0.15, 0.2) is 0 Å². The lowest BCUT2D eigenvalue weighted by Gasteiger charge is -2.46. The molecule has 192 valence electrons. The summed E-state index contributed by atoms with van der Waals surface area (Å²) in [6.45, 7) is 18.1. The molecule has 0 spiro atoms. The molecule has 2 aliphatic rings. The molecule has 2 heterocycles. The van der Waals surface area contributed by atoms with Gasteiger partial charge >= 0.3 is 0 Å². The zero-order valence-corrected chi connectivity index (χ0v) is 23.6. The van der Waals surface area contributed by atoms with Crippen molar-refractivity contribution >= 4 is 11.8 Å². The molecule has 0 amide bonds. The molecule has 35 heavy (non-hydrogen) atoms. The molecule has 4 rings (SSSR count). The Hall–Kier alpha value is -1.69. The van der Waals surface area contributed by atoms with E-state index in [1.54, 1.807) is 0 Å². The number of benzene rings is 2. The fourth-order valence-electron chi connectivity index (χ4n) is 6.97. The molecule has 2 aromatic carbocycles. The van der Waals surface area contributed by atoms with E-state index in [0.717, 1.165) is 35.5 Å². The molecule has 0 bridgehead atoms. The summed E-state index contributed by atoms with van der Waals surface area (Å²) in [6.07, 6.45) is 4.20. The second-order valence-corrected chi connectivity index (χ2v) is 14.6. The maximum atomic E-state index is 10.7. The second-order valence-electron chi connectivity index (χ2n) is 13.6. The van der Waals surface area contributed by atoms with Crippen LogP contribution in [0, 0.1) is 0 Å². The van der Waals surface area contributed by atoms with E-state index < -0.39 is 0 Å². The SMILES string of the molecule is CC1(C)CC(c2ccc(O)c(Sc3cc(C4CC(C)(C)NC(C)(C)C4)ccc3O)c2)CC(C)(C)N1. The number of nitrogens with one attached hydrogen (secondary N) is 2. The molecule has 5 heteroatoms. The van der Waals surface area contributed by atoms with Crippen LogP contribution in [0.1, 0.15) is 104 Å². The van der Waals surface area contributed by atoms with Crippen LogP contribution < -0.4 is 10.6 Å². The minimum Gasteiger partial charge on any atom is -0.507 e. The monoisotopic (exact) mass is 496 g/mol. The summed E-state index contributed by atoms with van der Waals surface area (Å²) in [7, 11) is 0. The zero-order chi connectivity index (χ0) is 25.8. The first-order valence-electron chi connectivity index (χ1n) is 13.0. The van der Waals surface area contributed by atoms with Gasteiger partial charge < -0.3 is 20.8 Å². The van der Waals surface area contributed by atoms with Crippen molar-refractivity contribution in [1.29, 1.82) is 0 Å². The first kappa shape index (κ1) is 26.4. The normalized spacial score (nSPS) is 23.8. The molecule has 0 aromatic heterocycles. The van der Waals surface area contributed by atoms with Gasteiger partial charge in [-0.15, -0.1) is 0 Å². The number of aromatic hydroxyl groups is 2. The van der Waals surface area contributed by atoms with Gasteiger partial charge in [-0.25, -0.2) is 0 Å². The van der Waals surface area contributed by atoms with Crippen molar-refractivity contribution in [3.8, 4) is 11.5 Å². The molecule has 0 aliphatic carbocycles. The Labute approximate surface area is 216 Å². The van der Waals surface area contributed by atoms with Crippen molar-refractivity contribution in [3.05, 3.63) is 47.5 Å². The van der Waals surface area contributed by atoms with Crippen molar-refractivity contribution in [3.63, 3.8) is 0 Å². The molecule has 2 aromatic rings. The van der Waals surface area contributed by atoms with Crippen LogP contribution in [-0.4, -0.2) is 32.4 Å². The van der Waals surface area contributed by atoms with Crippen LogP contribution in [-0.2, 0) is 0 Å². The minimum absolute atomic E-state index is 0.0562. The third kappa shape index (κ3) is 6.36. The molecule has 4 N–H and O–H groups in total. The third-order valence-corrected chi connectivity index (χ3v) is 8.60. The van der Waals surface area contributed by atoms with E-state index in [4.69, 9.17) is 0 Å². The van der Waals surface area contributed by atoms with Crippen molar-refractivity contribution in [2.75, 3.05) is 0 Å². The first-order chi connectivity index (χ1) is 16.0. The zero-order valence-electron chi connectivity index (χ0n) is 22.7. The smallest absolute Gasteiger partial charge is 0.129 e. The van der Waals surface area contributed by atoms with Crippen LogP contribution >= 0.6 is 11.8 Å². The van der Waals surface area contributed by atoms with E-state index in [1.165, 1.54) is 22.9 Å². The highest BCUT2D eigenvalue weighted by Gasteiger charge is 2.39. The summed E-state index contributed by atoms with van der Waals surface area (Å²) >= 11 is 1.47. The Morgan fingerprint density at radius 2 is 0.914 bits per heavy atom. The highest BCUT2D eigenvalue weighted by Crippen LogP contribution is 2.46. The maximum absolute atomic E-state index is 10.7. The molecular formula is C30H44N2O2S. The largest absolute Gasteiger partial charge is 0.507 e. The van der Waals surface area contributed by atoms with Crippen molar-refractivity contribution in [2.45, 2.75) is 125 Å². The summed E-state index contributed by atoms with van der Waals surface area (Å²) in [5.41, 5.74) is 2.73. The van der Waals surface area contributed by atoms with Crippen LogP contribution in [0.4, 0.5) is 0 Å². The number of hydrogen-bond donors (Lipinski definition) is 4. The molecule has 2 fully saturated rings. The highest BCUT2D eigenvalue weighted by molar-refractivity contribution is 7.99. The number of phenols is 2. The average Bonchev–Trinajstić information content (AvgIpc) is 2.66. The molecule has 0 unspecified atom stereocenters. The predicted molar refractivity (Wildman–Crippen MR) is 147 cm³/mol. The molecule has 0 radical (unpaired) electrons. The lowest BCUT2D eigenvalue weighted by molar-refractivity contribution is 0.161. The lowest BCUT2D eigenvalue weighted by Crippen LogP contribution is -2.57. The van der Waals surface area contributed by atoms with Gasteiger partial charge in [0.05, 0.1) is 9.79 Å². The van der Waals surface area contributed by atoms with E-state index in [0.29, 0.717) is 11.8 Å². The fraction of sp³-hybridized carbons (Fsp3) is 0.600. The third-order valence-electron chi connectivity index (χ3n) is 7.51. The Bertz CT molecular complexity index is 972. The lowest BCUT2D eigenvalue weighted by atomic mass is 9.73. The van der Waals surface area contributed by atoms with Gasteiger partial charge in [0, 0.05) is 22.2 Å². The van der Waals surface area contributed by atoms with E-state index in [-0.39, 0.29) is 33.7 Å². The van der Waals surface area contributed by atoms with Gasteiger partial charge in [0.25, 0.3) is 0 Å². The van der Waals surface area contributed by atoms with Crippen molar-refractivity contribution in [2.24, 2.45) is 0 Å². The average molecular weight is 497 g/mol. The number of phenolic OH excluding ortho intramolecular Hbond substituents is 2. The summed E-state index contributed by atoms with van der Waals surface area (Å²) in [5.74, 6) is 1.36. The van der Waals surface area contributed by atoms with Gasteiger partial charge in [-0.1, -0.05) is 23.9 Å². The Balaban J connectivity index is 1.61. The van der Waals surface area contributed by atoms with Gasteiger partial charge in [-0.05, 0) is 128 Å². The Kier molecular flexibility index (Phi) is 6.79. The fourth-order valence-corrected chi connectivity index (χ4v) is 7.94. The van der Waals surface area contributed by atoms with Crippen LogP contribution in [0.3, 0.4) is 0 Å². The summed E-state index contributed by atoms with van der Waals surface area (Å²) in [6, 6.07) is 12.0. The standard InChI is InChI=1S/C30H44N2O2S/c1-27(2)15-21(16-28(3,4)31-27)19-9-11-23(33)25(13-19)35-26-14-20(10-12-24(26)34)22-17-29(5,6)32-30(7,8)18-22/h9-14,21-22,31-34H,15-18H2,1-8H3. The predicted octanol–water partition coefficient (Wildman–Crippen LogP) is 7.30. The summed E-state index contributed by atoms with van der Waals surface area (Å²) < 4.78 is 0. The molecule has 4 nitrogen and oxygen atoms in total. The van der Waals surface area contributed by atoms with Gasteiger partial charge in [-0.2, -0.15) is 0 Å². The number of piperidine rings is 2. The summed E-state index contributed by atoms with van der Waals surface area (Å²) in [4.78, 5) is 1.60. The Morgan fingerprint density at radius 1 is 0.600 bits per heavy atom. The van der Waals surface area contributed by atoms with Gasteiger partial charge in [0.2, 0.25) is 0 Å². The molecule has 0 atom stereocenters. The second kappa shape index (κ2) is 9.00. The van der Waals surface area contributed by atoms with Gasteiger partial charge in [-0.3, -0.25) is 0 Å². The van der Waals surface area contributed by atoms with Crippen molar-refractivity contribution in [1.82, 2.24) is 10.6 Å².